The van der Waals surface area contributed by atoms with Crippen LogP contribution in [0.2, 0.25) is 0 Å². The van der Waals surface area contributed by atoms with Gasteiger partial charge < -0.3 is 10.4 Å². The number of aliphatic hydroxyl groups excluding tert-OH is 1. The maximum Gasteiger partial charge on any atom is 0.0626 e. The molecule has 12 heavy (non-hydrogen) atoms. The van der Waals surface area contributed by atoms with Gasteiger partial charge in [-0.05, 0) is 25.0 Å². The zero-order valence-electron chi connectivity index (χ0n) is 7.13. The summed E-state index contributed by atoms with van der Waals surface area (Å²) in [6.45, 7) is 3.33. The van der Waals surface area contributed by atoms with Gasteiger partial charge in [0.15, 0.2) is 0 Å². The van der Waals surface area contributed by atoms with Gasteiger partial charge in [-0.1, -0.05) is 0 Å². The molecule has 0 aromatic carbocycles. The average Bonchev–Trinajstić information content (AvgIpc) is 2.44. The number of aliphatic hydroxyl groups is 1. The van der Waals surface area contributed by atoms with Crippen molar-refractivity contribution < 1.29 is 5.11 Å². The van der Waals surface area contributed by atoms with Gasteiger partial charge in [0.1, 0.15) is 0 Å². The third kappa shape index (κ3) is 1.28. The van der Waals surface area contributed by atoms with Gasteiger partial charge in [-0.25, -0.2) is 0 Å². The van der Waals surface area contributed by atoms with Crippen LogP contribution in [0.5, 0.6) is 0 Å². The van der Waals surface area contributed by atoms with Crippen molar-refractivity contribution in [3.8, 4) is 0 Å². The summed E-state index contributed by atoms with van der Waals surface area (Å²) < 4.78 is 0. The summed E-state index contributed by atoms with van der Waals surface area (Å²) in [5.74, 6) is 0. The van der Waals surface area contributed by atoms with Gasteiger partial charge in [-0.15, -0.1) is 11.3 Å². The molecule has 0 saturated heterocycles. The van der Waals surface area contributed by atoms with Gasteiger partial charge in [-0.2, -0.15) is 0 Å². The second-order valence-corrected chi connectivity index (χ2v) is 4.52. The first-order chi connectivity index (χ1) is 5.81. The van der Waals surface area contributed by atoms with Crippen LogP contribution in [0.3, 0.4) is 0 Å². The number of thiophene rings is 1. The number of fused-ring (bicyclic) bond motifs is 1. The largest absolute Gasteiger partial charge is 0.394 e. The number of hydrogen-bond donors (Lipinski definition) is 2. The SMILES string of the molecule is Cc1cc2c(s1)CCNC2CO. The van der Waals surface area contributed by atoms with Crippen LogP contribution in [0, 0.1) is 6.92 Å². The monoisotopic (exact) mass is 183 g/mol. The lowest BCUT2D eigenvalue weighted by atomic mass is 10.0. The highest BCUT2D eigenvalue weighted by Crippen LogP contribution is 2.29. The smallest absolute Gasteiger partial charge is 0.0626 e. The summed E-state index contributed by atoms with van der Waals surface area (Å²) in [4.78, 5) is 2.80. The first-order valence-corrected chi connectivity index (χ1v) is 5.06. The Balaban J connectivity index is 2.36. The number of nitrogens with one attached hydrogen (secondary N) is 1. The summed E-state index contributed by atoms with van der Waals surface area (Å²) >= 11 is 1.86. The van der Waals surface area contributed by atoms with Crippen molar-refractivity contribution in [1.82, 2.24) is 5.32 Å². The Kier molecular flexibility index (Phi) is 2.17. The second-order valence-electron chi connectivity index (χ2n) is 3.17. The predicted octanol–water partition coefficient (Wildman–Crippen LogP) is 1.24. The van der Waals surface area contributed by atoms with E-state index in [9.17, 15) is 0 Å². The zero-order chi connectivity index (χ0) is 8.55. The molecule has 2 N–H and O–H groups in total. The molecule has 0 fully saturated rings. The molecule has 2 rings (SSSR count). The van der Waals surface area contributed by atoms with Crippen LogP contribution in [0.1, 0.15) is 21.4 Å². The van der Waals surface area contributed by atoms with Crippen LogP contribution < -0.4 is 5.32 Å². The molecule has 1 aromatic rings. The minimum absolute atomic E-state index is 0.179. The molecule has 1 aliphatic heterocycles. The average molecular weight is 183 g/mol. The van der Waals surface area contributed by atoms with E-state index < -0.39 is 0 Å². The molecule has 0 radical (unpaired) electrons. The van der Waals surface area contributed by atoms with Crippen molar-refractivity contribution in [2.24, 2.45) is 0 Å². The fraction of sp³-hybridized carbons (Fsp3) is 0.556. The number of hydrogen-bond acceptors (Lipinski definition) is 3. The molecule has 2 heterocycles. The Morgan fingerprint density at radius 1 is 1.75 bits per heavy atom. The molecule has 66 valence electrons. The molecule has 0 bridgehead atoms. The van der Waals surface area contributed by atoms with Gasteiger partial charge in [0.25, 0.3) is 0 Å². The molecule has 2 nitrogen and oxygen atoms in total. The van der Waals surface area contributed by atoms with E-state index in [0.29, 0.717) is 0 Å². The van der Waals surface area contributed by atoms with E-state index in [4.69, 9.17) is 5.11 Å². The summed E-state index contributed by atoms with van der Waals surface area (Å²) in [5.41, 5.74) is 1.31. The summed E-state index contributed by atoms with van der Waals surface area (Å²) in [7, 11) is 0. The molecule has 0 spiro atoms. The molecule has 0 saturated carbocycles. The summed E-state index contributed by atoms with van der Waals surface area (Å²) in [6, 6.07) is 2.37. The molecule has 0 amide bonds. The van der Waals surface area contributed by atoms with Gasteiger partial charge >= 0.3 is 0 Å². The Labute approximate surface area is 76.2 Å². The van der Waals surface area contributed by atoms with Crippen molar-refractivity contribution in [1.29, 1.82) is 0 Å². The normalized spacial score (nSPS) is 22.3. The fourth-order valence-electron chi connectivity index (χ4n) is 1.71. The lowest BCUT2D eigenvalue weighted by Crippen LogP contribution is -2.30. The molecule has 1 aromatic heterocycles. The second kappa shape index (κ2) is 3.17. The molecule has 0 aliphatic carbocycles. The van der Waals surface area contributed by atoms with Crippen LogP contribution >= 0.6 is 11.3 Å². The van der Waals surface area contributed by atoms with Crippen molar-refractivity contribution in [2.45, 2.75) is 19.4 Å². The van der Waals surface area contributed by atoms with Gasteiger partial charge in [0.2, 0.25) is 0 Å². The summed E-state index contributed by atoms with van der Waals surface area (Å²) in [6.07, 6.45) is 1.12. The number of aryl methyl sites for hydroxylation is 1. The van der Waals surface area contributed by atoms with E-state index in [1.165, 1.54) is 15.3 Å². The van der Waals surface area contributed by atoms with Crippen LogP contribution in [0.4, 0.5) is 0 Å². The lowest BCUT2D eigenvalue weighted by molar-refractivity contribution is 0.241. The minimum Gasteiger partial charge on any atom is -0.394 e. The van der Waals surface area contributed by atoms with E-state index in [1.807, 2.05) is 11.3 Å². The Morgan fingerprint density at radius 3 is 3.33 bits per heavy atom. The van der Waals surface area contributed by atoms with Crippen LogP contribution in [0.25, 0.3) is 0 Å². The minimum atomic E-state index is 0.179. The van der Waals surface area contributed by atoms with E-state index in [0.717, 1.165) is 13.0 Å². The molecule has 1 unspecified atom stereocenters. The fourth-order valence-corrected chi connectivity index (χ4v) is 2.80. The first-order valence-electron chi connectivity index (χ1n) is 4.24. The topological polar surface area (TPSA) is 32.3 Å². The first kappa shape index (κ1) is 8.23. The quantitative estimate of drug-likeness (QED) is 0.686. The molecular formula is C9H13NOS. The van der Waals surface area contributed by atoms with E-state index in [1.54, 1.807) is 0 Å². The predicted molar refractivity (Wildman–Crippen MR) is 50.6 cm³/mol. The van der Waals surface area contributed by atoms with Gasteiger partial charge in [-0.3, -0.25) is 0 Å². The van der Waals surface area contributed by atoms with Crippen molar-refractivity contribution in [3.05, 3.63) is 21.4 Å². The maximum atomic E-state index is 9.09. The van der Waals surface area contributed by atoms with Gasteiger partial charge in [0.05, 0.1) is 12.6 Å². The Bertz CT molecular complexity index is 282. The Hall–Kier alpha value is -0.380. The highest BCUT2D eigenvalue weighted by molar-refractivity contribution is 7.12. The standard InChI is InChI=1S/C9H13NOS/c1-6-4-7-8(5-11)10-3-2-9(7)12-6/h4,8,10-11H,2-3,5H2,1H3. The highest BCUT2D eigenvalue weighted by atomic mass is 32.1. The van der Waals surface area contributed by atoms with E-state index in [-0.39, 0.29) is 12.6 Å². The number of rotatable bonds is 1. The molecular weight excluding hydrogens is 170 g/mol. The van der Waals surface area contributed by atoms with Crippen molar-refractivity contribution >= 4 is 11.3 Å². The molecule has 1 atom stereocenters. The summed E-state index contributed by atoms with van der Waals surface area (Å²) in [5, 5.41) is 12.4. The molecule has 3 heteroatoms. The van der Waals surface area contributed by atoms with E-state index in [2.05, 4.69) is 18.3 Å². The Morgan fingerprint density at radius 2 is 2.58 bits per heavy atom. The van der Waals surface area contributed by atoms with Gasteiger partial charge in [0, 0.05) is 16.3 Å². The van der Waals surface area contributed by atoms with Crippen LogP contribution in [0.15, 0.2) is 6.07 Å². The van der Waals surface area contributed by atoms with E-state index >= 15 is 0 Å². The van der Waals surface area contributed by atoms with Crippen molar-refractivity contribution in [3.63, 3.8) is 0 Å². The zero-order valence-corrected chi connectivity index (χ0v) is 7.95. The molecule has 1 aliphatic rings. The van der Waals surface area contributed by atoms with Crippen LogP contribution in [-0.2, 0) is 6.42 Å². The highest BCUT2D eigenvalue weighted by Gasteiger charge is 2.20. The lowest BCUT2D eigenvalue weighted by Gasteiger charge is -2.21. The maximum absolute atomic E-state index is 9.09. The third-order valence-electron chi connectivity index (χ3n) is 2.27. The third-order valence-corrected chi connectivity index (χ3v) is 3.39. The van der Waals surface area contributed by atoms with Crippen molar-refractivity contribution in [2.75, 3.05) is 13.2 Å². The van der Waals surface area contributed by atoms with Crippen LogP contribution in [-0.4, -0.2) is 18.3 Å².